The molecule has 3 nitrogen and oxygen atoms in total. The number of esters is 1. The molecule has 0 spiro atoms. The van der Waals surface area contributed by atoms with E-state index in [2.05, 4.69) is 4.57 Å². The number of carbonyl (C=O) groups is 1. The minimum Gasteiger partial charge on any atom is -1.00 e. The maximum Gasteiger partial charge on any atom is 0.311 e. The lowest BCUT2D eigenvalue weighted by Gasteiger charge is -1.98. The van der Waals surface area contributed by atoms with Gasteiger partial charge in [0.1, 0.15) is 7.05 Å². The quantitative estimate of drug-likeness (QED) is 0.373. The third kappa shape index (κ3) is 3.71. The second-order valence-corrected chi connectivity index (χ2v) is 4.46. The average Bonchev–Trinajstić information content (AvgIpc) is 2.34. The van der Waals surface area contributed by atoms with Crippen LogP contribution in [0.3, 0.4) is 0 Å². The zero-order chi connectivity index (χ0) is 10.7. The number of hydrogen-bond acceptors (Lipinski definition) is 3. The Morgan fingerprint density at radius 2 is 2.07 bits per heavy atom. The van der Waals surface area contributed by atoms with Crippen LogP contribution in [0.1, 0.15) is 22.5 Å². The minimum atomic E-state index is -0.141. The molecular formula is C10H16INO2S. The van der Waals surface area contributed by atoms with Gasteiger partial charge >= 0.3 is 5.97 Å². The predicted octanol–water partition coefficient (Wildman–Crippen LogP) is -1.70. The number of halogens is 1. The Balaban J connectivity index is 0.00000196. The van der Waals surface area contributed by atoms with Gasteiger partial charge in [-0.15, -0.1) is 0 Å². The molecule has 0 fully saturated rings. The molecule has 15 heavy (non-hydrogen) atoms. The summed E-state index contributed by atoms with van der Waals surface area (Å²) in [6.07, 6.45) is 0.395. The highest BCUT2D eigenvalue weighted by molar-refractivity contribution is 7.11. The van der Waals surface area contributed by atoms with Crippen LogP contribution in [0.2, 0.25) is 0 Å². The van der Waals surface area contributed by atoms with Gasteiger partial charge in [0.2, 0.25) is 5.01 Å². The second-order valence-electron chi connectivity index (χ2n) is 3.17. The first-order chi connectivity index (χ1) is 6.56. The highest BCUT2D eigenvalue weighted by Gasteiger charge is 2.19. The molecule has 1 aromatic heterocycles. The Bertz CT molecular complexity index is 349. The minimum absolute atomic E-state index is 0. The maximum absolute atomic E-state index is 11.3. The molecule has 86 valence electrons. The molecule has 0 saturated heterocycles. The van der Waals surface area contributed by atoms with E-state index < -0.39 is 0 Å². The van der Waals surface area contributed by atoms with Crippen molar-refractivity contribution < 1.29 is 38.1 Å². The normalized spacial score (nSPS) is 9.60. The number of aromatic nitrogens is 1. The summed E-state index contributed by atoms with van der Waals surface area (Å²) in [6, 6.07) is 0. The van der Waals surface area contributed by atoms with Crippen LogP contribution in [0.25, 0.3) is 0 Å². The zero-order valence-corrected chi connectivity index (χ0v) is 12.4. The Hall–Kier alpha value is -0.170. The molecule has 0 aromatic carbocycles. The number of ether oxygens (including phenoxy) is 1. The monoisotopic (exact) mass is 341 g/mol. The molecule has 0 saturated carbocycles. The number of aryl methyl sites for hydroxylation is 1. The van der Waals surface area contributed by atoms with E-state index in [9.17, 15) is 4.79 Å². The fourth-order valence-electron chi connectivity index (χ4n) is 1.25. The smallest absolute Gasteiger partial charge is 0.311 e. The van der Waals surface area contributed by atoms with Gasteiger partial charge in [0.05, 0.1) is 17.9 Å². The standard InChI is InChI=1S/C10H16NO2S.HI/c1-5-13-10(12)6-9-7(2)11(4)8(3)14-9;/h5-6H2,1-4H3;1H/q+1;/p-1. The lowest BCUT2D eigenvalue weighted by atomic mass is 10.3. The first-order valence-electron chi connectivity index (χ1n) is 4.66. The zero-order valence-electron chi connectivity index (χ0n) is 9.46. The molecule has 0 radical (unpaired) electrons. The van der Waals surface area contributed by atoms with E-state index in [1.54, 1.807) is 11.3 Å². The molecule has 0 unspecified atom stereocenters. The summed E-state index contributed by atoms with van der Waals surface area (Å²) < 4.78 is 7.00. The average molecular weight is 341 g/mol. The molecule has 0 amide bonds. The number of hydrogen-bond donors (Lipinski definition) is 0. The molecule has 0 bridgehead atoms. The lowest BCUT2D eigenvalue weighted by molar-refractivity contribution is -0.678. The number of nitrogens with zero attached hydrogens (tertiary/aromatic N) is 1. The van der Waals surface area contributed by atoms with Crippen molar-refractivity contribution in [3.05, 3.63) is 15.6 Å². The summed E-state index contributed by atoms with van der Waals surface area (Å²) in [5.41, 5.74) is 1.15. The van der Waals surface area contributed by atoms with Crippen LogP contribution in [0.4, 0.5) is 0 Å². The van der Waals surface area contributed by atoms with Gasteiger partial charge in [-0.25, -0.2) is 0 Å². The topological polar surface area (TPSA) is 30.2 Å². The summed E-state index contributed by atoms with van der Waals surface area (Å²) in [5.74, 6) is -0.141. The van der Waals surface area contributed by atoms with Crippen LogP contribution in [0.5, 0.6) is 0 Å². The van der Waals surface area contributed by atoms with Crippen LogP contribution < -0.4 is 28.5 Å². The third-order valence-electron chi connectivity index (χ3n) is 2.26. The van der Waals surface area contributed by atoms with Crippen molar-refractivity contribution in [2.75, 3.05) is 6.61 Å². The van der Waals surface area contributed by atoms with Gasteiger partial charge in [0, 0.05) is 13.8 Å². The van der Waals surface area contributed by atoms with Crippen LogP contribution >= 0.6 is 11.3 Å². The van der Waals surface area contributed by atoms with Gasteiger partial charge in [-0.1, -0.05) is 11.3 Å². The molecule has 0 aliphatic heterocycles. The van der Waals surface area contributed by atoms with Gasteiger partial charge in [-0.3, -0.25) is 4.79 Å². The van der Waals surface area contributed by atoms with Crippen LogP contribution in [-0.4, -0.2) is 12.6 Å². The fraction of sp³-hybridized carbons (Fsp3) is 0.600. The molecule has 5 heteroatoms. The molecular weight excluding hydrogens is 325 g/mol. The molecule has 1 heterocycles. The van der Waals surface area contributed by atoms with E-state index in [0.717, 1.165) is 10.6 Å². The molecule has 1 aromatic rings. The highest BCUT2D eigenvalue weighted by atomic mass is 127. The fourth-order valence-corrected chi connectivity index (χ4v) is 2.36. The van der Waals surface area contributed by atoms with E-state index >= 15 is 0 Å². The number of thiazole rings is 1. The van der Waals surface area contributed by atoms with E-state index in [1.165, 1.54) is 5.01 Å². The SMILES string of the molecule is CCOC(=O)Cc1sc(C)[n+](C)c1C.[I-]. The van der Waals surface area contributed by atoms with Gasteiger partial charge in [0.25, 0.3) is 0 Å². The summed E-state index contributed by atoms with van der Waals surface area (Å²) in [7, 11) is 2.01. The third-order valence-corrected chi connectivity index (χ3v) is 3.52. The summed E-state index contributed by atoms with van der Waals surface area (Å²) in [6.45, 7) is 6.35. The molecule has 0 N–H and O–H groups in total. The maximum atomic E-state index is 11.3. The van der Waals surface area contributed by atoms with Gasteiger partial charge in [-0.2, -0.15) is 4.57 Å². The van der Waals surface area contributed by atoms with Gasteiger partial charge in [-0.05, 0) is 6.92 Å². The second kappa shape index (κ2) is 6.42. The Kier molecular flexibility index (Phi) is 6.35. The lowest BCUT2D eigenvalue weighted by Crippen LogP contribution is -3.00. The first-order valence-corrected chi connectivity index (χ1v) is 5.48. The molecule has 1 rings (SSSR count). The van der Waals surface area contributed by atoms with Crippen molar-refractivity contribution in [1.82, 2.24) is 0 Å². The van der Waals surface area contributed by atoms with Crippen LogP contribution in [0.15, 0.2) is 0 Å². The van der Waals surface area contributed by atoms with Crippen molar-refractivity contribution in [2.24, 2.45) is 7.05 Å². The van der Waals surface area contributed by atoms with Crippen molar-refractivity contribution in [2.45, 2.75) is 27.2 Å². The largest absolute Gasteiger partial charge is 1.00 e. The van der Waals surface area contributed by atoms with Gasteiger partial charge < -0.3 is 28.7 Å². The molecule has 0 aliphatic carbocycles. The summed E-state index contributed by atoms with van der Waals surface area (Å²) in [4.78, 5) is 12.4. The summed E-state index contributed by atoms with van der Waals surface area (Å²) >= 11 is 1.66. The molecule has 0 atom stereocenters. The number of rotatable bonds is 3. The van der Waals surface area contributed by atoms with E-state index in [-0.39, 0.29) is 29.9 Å². The highest BCUT2D eigenvalue weighted by Crippen LogP contribution is 2.15. The van der Waals surface area contributed by atoms with E-state index in [1.807, 2.05) is 27.8 Å². The van der Waals surface area contributed by atoms with Crippen LogP contribution in [-0.2, 0) is 23.0 Å². The van der Waals surface area contributed by atoms with Crippen molar-refractivity contribution in [3.8, 4) is 0 Å². The summed E-state index contributed by atoms with van der Waals surface area (Å²) in [5, 5.41) is 1.21. The van der Waals surface area contributed by atoms with E-state index in [4.69, 9.17) is 4.74 Å². The van der Waals surface area contributed by atoms with E-state index in [0.29, 0.717) is 13.0 Å². The van der Waals surface area contributed by atoms with Crippen LogP contribution in [0, 0.1) is 13.8 Å². The Morgan fingerprint density at radius 1 is 1.47 bits per heavy atom. The Labute approximate surface area is 111 Å². The number of carbonyl (C=O) groups excluding carboxylic acids is 1. The van der Waals surface area contributed by atoms with Gasteiger partial charge in [0.15, 0.2) is 5.69 Å². The Morgan fingerprint density at radius 3 is 2.47 bits per heavy atom. The molecule has 0 aliphatic rings. The van der Waals surface area contributed by atoms with Crippen molar-refractivity contribution in [1.29, 1.82) is 0 Å². The first kappa shape index (κ1) is 14.8. The van der Waals surface area contributed by atoms with Crippen molar-refractivity contribution in [3.63, 3.8) is 0 Å². The predicted molar refractivity (Wildman–Crippen MR) is 55.3 cm³/mol. The van der Waals surface area contributed by atoms with Crippen molar-refractivity contribution >= 4 is 17.3 Å².